The van der Waals surface area contributed by atoms with Crippen molar-refractivity contribution in [1.29, 1.82) is 0 Å². The first-order valence-electron chi connectivity index (χ1n) is 6.17. The zero-order valence-corrected chi connectivity index (χ0v) is 11.6. The predicted octanol–water partition coefficient (Wildman–Crippen LogP) is 1.26. The van der Waals surface area contributed by atoms with Crippen LogP contribution in [0.5, 0.6) is 0 Å². The highest BCUT2D eigenvalue weighted by Crippen LogP contribution is 2.29. The average Bonchev–Trinajstić information content (AvgIpc) is 2.91. The lowest BCUT2D eigenvalue weighted by Gasteiger charge is -2.12. The van der Waals surface area contributed by atoms with E-state index in [1.807, 2.05) is 4.72 Å². The number of amides is 1. The van der Waals surface area contributed by atoms with Crippen LogP contribution in [0.15, 0.2) is 29.2 Å². The van der Waals surface area contributed by atoms with Crippen LogP contribution in [0.1, 0.15) is 18.4 Å². The molecule has 1 fully saturated rings. The molecule has 0 aromatic heterocycles. The Morgan fingerprint density at radius 2 is 1.86 bits per heavy atom. The summed E-state index contributed by atoms with van der Waals surface area (Å²) in [5.41, 5.74) is -0.953. The number of hydrogen-bond donors (Lipinski definition) is 2. The average molecular weight is 322 g/mol. The SMILES string of the molecule is O=C(NS(=O)(=O)c1ccc(C(F)(F)F)cc1)[C@@H]1CCCN1. The molecule has 0 unspecified atom stereocenters. The van der Waals surface area contributed by atoms with Gasteiger partial charge in [-0.2, -0.15) is 13.2 Å². The maximum Gasteiger partial charge on any atom is 0.416 e. The summed E-state index contributed by atoms with van der Waals surface area (Å²) in [7, 11) is -4.17. The first-order chi connectivity index (χ1) is 9.70. The van der Waals surface area contributed by atoms with Gasteiger partial charge in [-0.3, -0.25) is 4.79 Å². The van der Waals surface area contributed by atoms with Gasteiger partial charge in [0.1, 0.15) is 0 Å². The van der Waals surface area contributed by atoms with Gasteiger partial charge in [-0.05, 0) is 43.7 Å². The fourth-order valence-corrected chi connectivity index (χ4v) is 3.01. The standard InChI is InChI=1S/C12H13F3N2O3S/c13-12(14,15)8-3-5-9(6-4-8)21(19,20)17-11(18)10-2-1-7-16-10/h3-6,10,16H,1-2,7H2,(H,17,18)/t10-/m0/s1. The van der Waals surface area contributed by atoms with Crippen molar-refractivity contribution in [1.82, 2.24) is 10.0 Å². The minimum Gasteiger partial charge on any atom is -0.306 e. The molecule has 0 aliphatic carbocycles. The van der Waals surface area contributed by atoms with Crippen molar-refractivity contribution in [2.24, 2.45) is 0 Å². The first kappa shape index (κ1) is 15.8. The lowest BCUT2D eigenvalue weighted by atomic mass is 10.2. The van der Waals surface area contributed by atoms with E-state index in [1.54, 1.807) is 0 Å². The number of nitrogens with one attached hydrogen (secondary N) is 2. The molecule has 1 aromatic carbocycles. The Kier molecular flexibility index (Phi) is 4.24. The number of halogens is 3. The van der Waals surface area contributed by atoms with Crippen molar-refractivity contribution in [2.75, 3.05) is 6.54 Å². The monoisotopic (exact) mass is 322 g/mol. The van der Waals surface area contributed by atoms with Gasteiger partial charge in [0, 0.05) is 0 Å². The summed E-state index contributed by atoms with van der Waals surface area (Å²) in [6.07, 6.45) is -3.26. The summed E-state index contributed by atoms with van der Waals surface area (Å²) in [5, 5.41) is 2.83. The van der Waals surface area contributed by atoms with Crippen molar-refractivity contribution < 1.29 is 26.4 Å². The van der Waals surface area contributed by atoms with Gasteiger partial charge in [0.25, 0.3) is 15.9 Å². The third kappa shape index (κ3) is 3.73. The molecule has 0 radical (unpaired) electrons. The summed E-state index contributed by atoms with van der Waals surface area (Å²) in [6, 6.07) is 2.37. The second-order valence-electron chi connectivity index (χ2n) is 4.64. The van der Waals surface area contributed by atoms with Gasteiger partial charge >= 0.3 is 6.18 Å². The second kappa shape index (κ2) is 5.64. The third-order valence-electron chi connectivity index (χ3n) is 3.10. The molecule has 2 N–H and O–H groups in total. The lowest BCUT2D eigenvalue weighted by Crippen LogP contribution is -2.43. The minimum absolute atomic E-state index is 0.387. The van der Waals surface area contributed by atoms with Gasteiger partial charge in [0.2, 0.25) is 0 Å². The highest BCUT2D eigenvalue weighted by molar-refractivity contribution is 7.90. The Morgan fingerprint density at radius 3 is 2.33 bits per heavy atom. The van der Waals surface area contributed by atoms with Crippen LogP contribution in [0.2, 0.25) is 0 Å². The van der Waals surface area contributed by atoms with Crippen LogP contribution in [0.4, 0.5) is 13.2 Å². The Bertz CT molecular complexity index is 620. The van der Waals surface area contributed by atoms with Crippen LogP contribution in [-0.4, -0.2) is 26.9 Å². The summed E-state index contributed by atoms with van der Waals surface area (Å²) >= 11 is 0. The van der Waals surface area contributed by atoms with E-state index in [-0.39, 0.29) is 4.90 Å². The highest BCUT2D eigenvalue weighted by atomic mass is 32.2. The number of rotatable bonds is 3. The van der Waals surface area contributed by atoms with Gasteiger partial charge in [-0.25, -0.2) is 13.1 Å². The van der Waals surface area contributed by atoms with Crippen molar-refractivity contribution in [3.05, 3.63) is 29.8 Å². The molecule has 1 heterocycles. The molecule has 0 saturated carbocycles. The van der Waals surface area contributed by atoms with Gasteiger partial charge in [0.15, 0.2) is 0 Å². The quantitative estimate of drug-likeness (QED) is 0.878. The van der Waals surface area contributed by atoms with Crippen LogP contribution >= 0.6 is 0 Å². The molecule has 21 heavy (non-hydrogen) atoms. The van der Waals surface area contributed by atoms with Crippen molar-refractivity contribution in [3.63, 3.8) is 0 Å². The molecule has 5 nitrogen and oxygen atoms in total. The predicted molar refractivity (Wildman–Crippen MR) is 67.8 cm³/mol. The minimum atomic E-state index is -4.54. The molecular formula is C12H13F3N2O3S. The normalized spacial score (nSPS) is 19.5. The molecule has 0 spiro atoms. The zero-order chi connectivity index (χ0) is 15.7. The summed E-state index contributed by atoms with van der Waals surface area (Å²) in [6.45, 7) is 0.623. The second-order valence-corrected chi connectivity index (χ2v) is 6.32. The molecule has 1 saturated heterocycles. The summed E-state index contributed by atoms with van der Waals surface area (Å²) in [5.74, 6) is -0.701. The highest BCUT2D eigenvalue weighted by Gasteiger charge is 2.31. The summed E-state index contributed by atoms with van der Waals surface area (Å²) in [4.78, 5) is 11.3. The zero-order valence-electron chi connectivity index (χ0n) is 10.8. The van der Waals surface area contributed by atoms with Gasteiger partial charge in [0.05, 0.1) is 16.5 Å². The molecule has 116 valence electrons. The number of carbonyl (C=O) groups is 1. The Labute approximate surface area is 119 Å². The van der Waals surface area contributed by atoms with Crippen molar-refractivity contribution in [2.45, 2.75) is 30.0 Å². The molecule has 1 aliphatic rings. The fourth-order valence-electron chi connectivity index (χ4n) is 1.99. The number of benzene rings is 1. The largest absolute Gasteiger partial charge is 0.416 e. The van der Waals surface area contributed by atoms with Crippen LogP contribution in [0.25, 0.3) is 0 Å². The Morgan fingerprint density at radius 1 is 1.24 bits per heavy atom. The van der Waals surface area contributed by atoms with Gasteiger partial charge in [-0.1, -0.05) is 0 Å². The van der Waals surface area contributed by atoms with Crippen LogP contribution < -0.4 is 10.0 Å². The lowest BCUT2D eigenvalue weighted by molar-refractivity contribution is -0.137. The molecular weight excluding hydrogens is 309 g/mol. The maximum atomic E-state index is 12.4. The van der Waals surface area contributed by atoms with E-state index in [9.17, 15) is 26.4 Å². The molecule has 1 amide bonds. The van der Waals surface area contributed by atoms with Gasteiger partial charge < -0.3 is 5.32 Å². The molecule has 1 aromatic rings. The molecule has 0 bridgehead atoms. The van der Waals surface area contributed by atoms with Crippen LogP contribution in [0, 0.1) is 0 Å². The van der Waals surface area contributed by atoms with E-state index in [1.165, 1.54) is 0 Å². The van der Waals surface area contributed by atoms with Crippen molar-refractivity contribution in [3.8, 4) is 0 Å². The molecule has 1 aliphatic heterocycles. The van der Waals surface area contributed by atoms with Crippen LogP contribution in [0.3, 0.4) is 0 Å². The fraction of sp³-hybridized carbons (Fsp3) is 0.417. The van der Waals surface area contributed by atoms with Crippen LogP contribution in [-0.2, 0) is 21.0 Å². The number of hydrogen-bond acceptors (Lipinski definition) is 4. The van der Waals surface area contributed by atoms with E-state index >= 15 is 0 Å². The van der Waals surface area contributed by atoms with E-state index in [0.717, 1.165) is 18.6 Å². The first-order valence-corrected chi connectivity index (χ1v) is 7.66. The Hall–Kier alpha value is -1.61. The smallest absolute Gasteiger partial charge is 0.306 e. The topological polar surface area (TPSA) is 75.3 Å². The van der Waals surface area contributed by atoms with E-state index < -0.39 is 33.7 Å². The van der Waals surface area contributed by atoms with E-state index in [2.05, 4.69) is 5.32 Å². The van der Waals surface area contributed by atoms with E-state index in [4.69, 9.17) is 0 Å². The molecule has 1 atom stereocenters. The number of alkyl halides is 3. The molecule has 2 rings (SSSR count). The van der Waals surface area contributed by atoms with E-state index in [0.29, 0.717) is 25.1 Å². The third-order valence-corrected chi connectivity index (χ3v) is 4.47. The number of carbonyl (C=O) groups excluding carboxylic acids is 1. The Balaban J connectivity index is 2.14. The maximum absolute atomic E-state index is 12.4. The van der Waals surface area contributed by atoms with Crippen molar-refractivity contribution >= 4 is 15.9 Å². The molecule has 9 heteroatoms. The summed E-state index contributed by atoms with van der Waals surface area (Å²) < 4.78 is 62.9. The number of sulfonamides is 1. The van der Waals surface area contributed by atoms with Gasteiger partial charge in [-0.15, -0.1) is 0 Å².